The Bertz CT molecular complexity index is 1840. The van der Waals surface area contributed by atoms with Crippen molar-refractivity contribution in [2.24, 2.45) is 4.99 Å². The summed E-state index contributed by atoms with van der Waals surface area (Å²) in [5, 5.41) is 14.4. The third-order valence-electron chi connectivity index (χ3n) is 6.50. The third kappa shape index (κ3) is 5.52. The van der Waals surface area contributed by atoms with Crippen LogP contribution in [0.1, 0.15) is 31.0 Å². The number of rotatable bonds is 8. The van der Waals surface area contributed by atoms with Crippen molar-refractivity contribution in [3.05, 3.63) is 125 Å². The normalized spacial score (nSPS) is 14.7. The molecule has 0 bridgehead atoms. The fraction of sp³-hybridized carbons (Fsp3) is 0.167. The fourth-order valence-electron chi connectivity index (χ4n) is 4.65. The summed E-state index contributed by atoms with van der Waals surface area (Å²) in [5.41, 5.74) is 2.00. The first kappa shape index (κ1) is 27.5. The molecule has 0 unspecified atom stereocenters. The summed E-state index contributed by atoms with van der Waals surface area (Å²) >= 11 is 1.15. The topological polar surface area (TPSA) is 125 Å². The molecule has 3 aromatic carbocycles. The van der Waals surface area contributed by atoms with Gasteiger partial charge in [0.25, 0.3) is 11.5 Å². The van der Waals surface area contributed by atoms with Gasteiger partial charge in [0, 0.05) is 11.8 Å². The van der Waals surface area contributed by atoms with Crippen molar-refractivity contribution in [2.45, 2.75) is 19.9 Å². The molecule has 1 N–H and O–H groups in total. The molecular formula is C30H26N4O6S. The molecule has 1 aliphatic rings. The standard InChI is InChI=1S/C30H26N4O6S/c1-4-40-22-13-11-20(12-14-22)27-26(28(35)32-21-8-6-5-7-9-21)18(2)31-30-33(27)29(36)25(41-30)17-19-10-15-24(39-3)23(16-19)34(37)38/h5-17,27H,4H2,1-3H3,(H,32,35)/b25-17-/t27-/m1/s1. The van der Waals surface area contributed by atoms with Gasteiger partial charge in [-0.3, -0.25) is 24.3 Å². The Morgan fingerprint density at radius 2 is 1.88 bits per heavy atom. The van der Waals surface area contributed by atoms with Crippen LogP contribution >= 0.6 is 11.3 Å². The first-order valence-corrected chi connectivity index (χ1v) is 13.6. The van der Waals surface area contributed by atoms with Gasteiger partial charge in [0.2, 0.25) is 0 Å². The van der Waals surface area contributed by atoms with Gasteiger partial charge in [0.05, 0.1) is 40.5 Å². The monoisotopic (exact) mass is 570 g/mol. The second-order valence-corrected chi connectivity index (χ2v) is 10.1. The number of benzene rings is 3. The predicted octanol–water partition coefficient (Wildman–Crippen LogP) is 4.19. The molecule has 1 amide bonds. The van der Waals surface area contributed by atoms with Gasteiger partial charge in [-0.2, -0.15) is 0 Å². The van der Waals surface area contributed by atoms with Gasteiger partial charge in [-0.15, -0.1) is 0 Å². The minimum absolute atomic E-state index is 0.119. The summed E-state index contributed by atoms with van der Waals surface area (Å²) in [6, 6.07) is 20.0. The molecule has 10 nitrogen and oxygen atoms in total. The van der Waals surface area contributed by atoms with Crippen molar-refractivity contribution in [3.8, 4) is 11.5 Å². The summed E-state index contributed by atoms with van der Waals surface area (Å²) < 4.78 is 12.5. The maximum Gasteiger partial charge on any atom is 0.311 e. The van der Waals surface area contributed by atoms with Crippen LogP contribution in [0.4, 0.5) is 11.4 Å². The smallest absolute Gasteiger partial charge is 0.311 e. The zero-order valence-corrected chi connectivity index (χ0v) is 23.3. The summed E-state index contributed by atoms with van der Waals surface area (Å²) in [4.78, 5) is 43.6. The van der Waals surface area contributed by atoms with E-state index in [0.29, 0.717) is 49.8 Å². The molecule has 0 aliphatic carbocycles. The average Bonchev–Trinajstić information content (AvgIpc) is 3.27. The van der Waals surface area contributed by atoms with Crippen molar-refractivity contribution in [1.82, 2.24) is 4.57 Å². The van der Waals surface area contributed by atoms with Crippen LogP contribution in [0.25, 0.3) is 6.08 Å². The number of nitro groups is 1. The van der Waals surface area contributed by atoms with Gasteiger partial charge >= 0.3 is 5.69 Å². The lowest BCUT2D eigenvalue weighted by Gasteiger charge is -2.25. The Labute approximate surface area is 238 Å². The van der Waals surface area contributed by atoms with Gasteiger partial charge in [-0.25, -0.2) is 4.99 Å². The van der Waals surface area contributed by atoms with E-state index in [2.05, 4.69) is 10.3 Å². The summed E-state index contributed by atoms with van der Waals surface area (Å²) in [5.74, 6) is 0.408. The van der Waals surface area contributed by atoms with Crippen LogP contribution in [0.15, 0.2) is 93.9 Å². The van der Waals surface area contributed by atoms with E-state index >= 15 is 0 Å². The highest BCUT2D eigenvalue weighted by Crippen LogP contribution is 2.32. The van der Waals surface area contributed by atoms with Crippen LogP contribution in [0.5, 0.6) is 11.5 Å². The van der Waals surface area contributed by atoms with Crippen molar-refractivity contribution >= 4 is 34.7 Å². The first-order chi connectivity index (χ1) is 19.8. The highest BCUT2D eigenvalue weighted by Gasteiger charge is 2.32. The molecule has 41 heavy (non-hydrogen) atoms. The van der Waals surface area contributed by atoms with E-state index in [-0.39, 0.29) is 22.9 Å². The summed E-state index contributed by atoms with van der Waals surface area (Å²) in [6.07, 6.45) is 1.58. The Morgan fingerprint density at radius 1 is 1.15 bits per heavy atom. The molecule has 2 heterocycles. The predicted molar refractivity (Wildman–Crippen MR) is 156 cm³/mol. The van der Waals surface area contributed by atoms with E-state index in [1.807, 2.05) is 37.3 Å². The maximum absolute atomic E-state index is 13.9. The molecule has 0 radical (unpaired) electrons. The molecule has 0 fully saturated rings. The second-order valence-electron chi connectivity index (χ2n) is 9.09. The zero-order valence-electron chi connectivity index (χ0n) is 22.5. The Morgan fingerprint density at radius 3 is 2.54 bits per heavy atom. The third-order valence-corrected chi connectivity index (χ3v) is 7.49. The van der Waals surface area contributed by atoms with Gasteiger partial charge in [0.1, 0.15) is 5.75 Å². The number of fused-ring (bicyclic) bond motifs is 1. The number of nitrogens with zero attached hydrogens (tertiary/aromatic N) is 3. The number of carbonyl (C=O) groups is 1. The summed E-state index contributed by atoms with van der Waals surface area (Å²) in [7, 11) is 1.36. The number of para-hydroxylation sites is 1. The van der Waals surface area contributed by atoms with E-state index in [4.69, 9.17) is 9.47 Å². The van der Waals surface area contributed by atoms with Crippen molar-refractivity contribution in [3.63, 3.8) is 0 Å². The molecule has 0 spiro atoms. The number of carbonyl (C=O) groups excluding carboxylic acids is 1. The van der Waals surface area contributed by atoms with Gasteiger partial charge in [-0.1, -0.05) is 47.7 Å². The molecule has 11 heteroatoms. The number of anilines is 1. The van der Waals surface area contributed by atoms with Crippen molar-refractivity contribution in [1.29, 1.82) is 0 Å². The van der Waals surface area contributed by atoms with Gasteiger partial charge in [-0.05, 0) is 61.4 Å². The van der Waals surface area contributed by atoms with Gasteiger partial charge < -0.3 is 14.8 Å². The van der Waals surface area contributed by atoms with Crippen LogP contribution in [0.3, 0.4) is 0 Å². The minimum Gasteiger partial charge on any atom is -0.494 e. The molecule has 0 saturated heterocycles. The number of aromatic nitrogens is 1. The molecule has 1 atom stereocenters. The molecule has 208 valence electrons. The molecule has 1 aliphatic heterocycles. The molecule has 5 rings (SSSR count). The van der Waals surface area contributed by atoms with E-state index in [1.54, 1.807) is 43.3 Å². The largest absolute Gasteiger partial charge is 0.494 e. The number of amides is 1. The SMILES string of the molecule is CCOc1ccc([C@@H]2C(C(=O)Nc3ccccc3)=C(C)N=c3s/c(=C\c4ccc(OC)c([N+](=O)[O-])c4)c(=O)n32)cc1. The number of nitrogens with one attached hydrogen (secondary N) is 1. The lowest BCUT2D eigenvalue weighted by molar-refractivity contribution is -0.385. The number of thiazole rings is 1. The second kappa shape index (κ2) is 11.6. The van der Waals surface area contributed by atoms with Crippen LogP contribution < -0.4 is 29.7 Å². The fourth-order valence-corrected chi connectivity index (χ4v) is 5.70. The molecule has 4 aromatic rings. The maximum atomic E-state index is 13.9. The number of hydrogen-bond acceptors (Lipinski definition) is 8. The number of hydrogen-bond donors (Lipinski definition) is 1. The highest BCUT2D eigenvalue weighted by atomic mass is 32.1. The Balaban J connectivity index is 1.66. The Kier molecular flexibility index (Phi) is 7.79. The van der Waals surface area contributed by atoms with Gasteiger partial charge in [0.15, 0.2) is 10.6 Å². The first-order valence-electron chi connectivity index (χ1n) is 12.7. The number of allylic oxidation sites excluding steroid dienone is 1. The van der Waals surface area contributed by atoms with E-state index in [1.165, 1.54) is 23.8 Å². The van der Waals surface area contributed by atoms with E-state index < -0.39 is 11.0 Å². The lowest BCUT2D eigenvalue weighted by atomic mass is 9.95. The van der Waals surface area contributed by atoms with Crippen LogP contribution in [-0.2, 0) is 4.79 Å². The number of methoxy groups -OCH3 is 1. The number of nitro benzene ring substituents is 1. The van der Waals surface area contributed by atoms with E-state index in [9.17, 15) is 19.7 Å². The number of ether oxygens (including phenoxy) is 2. The minimum atomic E-state index is -0.766. The van der Waals surface area contributed by atoms with Crippen molar-refractivity contribution < 1.29 is 19.2 Å². The zero-order chi connectivity index (χ0) is 29.1. The van der Waals surface area contributed by atoms with Crippen LogP contribution in [0.2, 0.25) is 0 Å². The molecule has 0 saturated carbocycles. The van der Waals surface area contributed by atoms with E-state index in [0.717, 1.165) is 11.3 Å². The van der Waals surface area contributed by atoms with Crippen LogP contribution in [0, 0.1) is 10.1 Å². The molecule has 1 aromatic heterocycles. The van der Waals surface area contributed by atoms with Crippen LogP contribution in [-0.4, -0.2) is 29.1 Å². The lowest BCUT2D eigenvalue weighted by Crippen LogP contribution is -2.40. The summed E-state index contributed by atoms with van der Waals surface area (Å²) in [6.45, 7) is 4.13. The van der Waals surface area contributed by atoms with Crippen molar-refractivity contribution in [2.75, 3.05) is 19.0 Å². The molecular weight excluding hydrogens is 544 g/mol. The quantitative estimate of drug-likeness (QED) is 0.250. The average molecular weight is 571 g/mol. The Hall–Kier alpha value is -5.03. The highest BCUT2D eigenvalue weighted by molar-refractivity contribution is 7.07.